The van der Waals surface area contributed by atoms with Crippen LogP contribution in [-0.2, 0) is 6.42 Å². The van der Waals surface area contributed by atoms with Crippen molar-refractivity contribution >= 4 is 17.4 Å². The van der Waals surface area contributed by atoms with Crippen molar-refractivity contribution in [1.82, 2.24) is 24.5 Å². The van der Waals surface area contributed by atoms with E-state index in [0.29, 0.717) is 17.8 Å². The molecule has 1 N–H and O–H groups in total. The molecule has 3 rings (SSSR count). The first kappa shape index (κ1) is 14.8. The van der Waals surface area contributed by atoms with E-state index in [9.17, 15) is 9.59 Å². The molecule has 0 unspecified atom stereocenters. The topological polar surface area (TPSA) is 91.8 Å². The molecule has 0 spiro atoms. The molecule has 8 heteroatoms. The summed E-state index contributed by atoms with van der Waals surface area (Å²) >= 11 is 1.16. The molecule has 0 radical (unpaired) electrons. The number of carbonyl (C=O) groups is 1. The Balaban J connectivity index is 1.78. The summed E-state index contributed by atoms with van der Waals surface area (Å²) in [7, 11) is 0. The second-order valence-electron chi connectivity index (χ2n) is 5.32. The smallest absolute Gasteiger partial charge is 0.337 e. The van der Waals surface area contributed by atoms with Crippen molar-refractivity contribution in [3.05, 3.63) is 39.0 Å². The van der Waals surface area contributed by atoms with Crippen molar-refractivity contribution in [2.75, 3.05) is 13.1 Å². The SMILES string of the molecule is CCc1nnsc1C(=O)N1CCC[C@H](c2ccnc(=O)[nH]2)C1. The second kappa shape index (κ2) is 6.35. The minimum atomic E-state index is -0.346. The number of aryl methyl sites for hydroxylation is 1. The fraction of sp³-hybridized carbons (Fsp3) is 0.500. The van der Waals surface area contributed by atoms with E-state index in [1.165, 1.54) is 6.20 Å². The van der Waals surface area contributed by atoms with Crippen molar-refractivity contribution in [1.29, 1.82) is 0 Å². The maximum Gasteiger partial charge on any atom is 0.345 e. The van der Waals surface area contributed by atoms with Crippen molar-refractivity contribution < 1.29 is 4.79 Å². The largest absolute Gasteiger partial charge is 0.345 e. The van der Waals surface area contributed by atoms with E-state index in [2.05, 4.69) is 19.6 Å². The highest BCUT2D eigenvalue weighted by atomic mass is 32.1. The Kier molecular flexibility index (Phi) is 4.28. The average molecular weight is 319 g/mol. The van der Waals surface area contributed by atoms with E-state index in [1.807, 2.05) is 17.9 Å². The van der Waals surface area contributed by atoms with E-state index in [4.69, 9.17) is 0 Å². The molecular formula is C14H17N5O2S. The van der Waals surface area contributed by atoms with Gasteiger partial charge in [-0.3, -0.25) is 4.79 Å². The van der Waals surface area contributed by atoms with Crippen LogP contribution in [-0.4, -0.2) is 43.5 Å². The van der Waals surface area contributed by atoms with Gasteiger partial charge in [-0.1, -0.05) is 11.4 Å². The van der Waals surface area contributed by atoms with Gasteiger partial charge in [0.15, 0.2) is 0 Å². The monoisotopic (exact) mass is 319 g/mol. The Morgan fingerprint density at radius 1 is 1.55 bits per heavy atom. The molecule has 1 fully saturated rings. The Bertz CT molecular complexity index is 726. The Morgan fingerprint density at radius 3 is 3.18 bits per heavy atom. The van der Waals surface area contributed by atoms with E-state index in [0.717, 1.165) is 42.3 Å². The van der Waals surface area contributed by atoms with Crippen molar-refractivity contribution in [3.8, 4) is 0 Å². The van der Waals surface area contributed by atoms with Gasteiger partial charge in [-0.25, -0.2) is 9.78 Å². The lowest BCUT2D eigenvalue weighted by Crippen LogP contribution is -2.39. The van der Waals surface area contributed by atoms with Crippen molar-refractivity contribution in [2.24, 2.45) is 0 Å². The van der Waals surface area contributed by atoms with Gasteiger partial charge in [0, 0.05) is 30.9 Å². The predicted octanol–water partition coefficient (Wildman–Crippen LogP) is 1.20. The summed E-state index contributed by atoms with van der Waals surface area (Å²) in [5.74, 6) is 0.132. The fourth-order valence-corrected chi connectivity index (χ4v) is 3.50. The highest BCUT2D eigenvalue weighted by Gasteiger charge is 2.28. The molecule has 7 nitrogen and oxygen atoms in total. The van der Waals surface area contributed by atoms with E-state index in [-0.39, 0.29) is 17.5 Å². The molecule has 0 saturated carbocycles. The lowest BCUT2D eigenvalue weighted by molar-refractivity contribution is 0.0709. The average Bonchev–Trinajstić information content (AvgIpc) is 3.03. The second-order valence-corrected chi connectivity index (χ2v) is 6.08. The predicted molar refractivity (Wildman–Crippen MR) is 82.0 cm³/mol. The third-order valence-electron chi connectivity index (χ3n) is 3.93. The van der Waals surface area contributed by atoms with Gasteiger partial charge in [0.25, 0.3) is 5.91 Å². The Morgan fingerprint density at radius 2 is 2.41 bits per heavy atom. The molecule has 1 aliphatic rings. The number of aromatic amines is 1. The number of likely N-dealkylation sites (tertiary alicyclic amines) is 1. The molecule has 1 saturated heterocycles. The first-order valence-corrected chi connectivity index (χ1v) is 8.12. The van der Waals surface area contributed by atoms with Crippen LogP contribution in [0.1, 0.15) is 46.7 Å². The number of piperidine rings is 1. The van der Waals surface area contributed by atoms with E-state index >= 15 is 0 Å². The maximum atomic E-state index is 12.7. The molecule has 2 aromatic rings. The number of nitrogens with one attached hydrogen (secondary N) is 1. The van der Waals surface area contributed by atoms with Gasteiger partial charge in [-0.05, 0) is 36.9 Å². The lowest BCUT2D eigenvalue weighted by atomic mass is 9.94. The highest BCUT2D eigenvalue weighted by Crippen LogP contribution is 2.26. The van der Waals surface area contributed by atoms with E-state index < -0.39 is 0 Å². The number of amides is 1. The van der Waals surface area contributed by atoms with Gasteiger partial charge < -0.3 is 9.88 Å². The van der Waals surface area contributed by atoms with Gasteiger partial charge in [0.05, 0.1) is 5.69 Å². The van der Waals surface area contributed by atoms with Crippen LogP contribution in [0, 0.1) is 0 Å². The van der Waals surface area contributed by atoms with Gasteiger partial charge in [0.1, 0.15) is 4.88 Å². The summed E-state index contributed by atoms with van der Waals surface area (Å²) in [5, 5.41) is 4.00. The zero-order valence-corrected chi connectivity index (χ0v) is 13.1. The summed E-state index contributed by atoms with van der Waals surface area (Å²) in [6.45, 7) is 3.29. The van der Waals surface area contributed by atoms with Crippen LogP contribution in [0.4, 0.5) is 0 Å². The van der Waals surface area contributed by atoms with Crippen molar-refractivity contribution in [2.45, 2.75) is 32.1 Å². The van der Waals surface area contributed by atoms with Gasteiger partial charge >= 0.3 is 5.69 Å². The maximum absolute atomic E-state index is 12.7. The molecule has 3 heterocycles. The molecule has 1 aliphatic heterocycles. The minimum absolute atomic E-state index is 0.00652. The number of hydrogen-bond acceptors (Lipinski definition) is 6. The molecule has 22 heavy (non-hydrogen) atoms. The van der Waals surface area contributed by atoms with Gasteiger partial charge in [-0.15, -0.1) is 5.10 Å². The zero-order chi connectivity index (χ0) is 15.5. The van der Waals surface area contributed by atoms with E-state index in [1.54, 1.807) is 0 Å². The zero-order valence-electron chi connectivity index (χ0n) is 12.3. The van der Waals surface area contributed by atoms with Gasteiger partial charge in [-0.2, -0.15) is 0 Å². The summed E-state index contributed by atoms with van der Waals surface area (Å²) in [5.41, 5.74) is 1.26. The van der Waals surface area contributed by atoms with Crippen molar-refractivity contribution in [3.63, 3.8) is 0 Å². The van der Waals surface area contributed by atoms with Crippen LogP contribution in [0.5, 0.6) is 0 Å². The Hall–Kier alpha value is -2.09. The molecule has 0 aliphatic carbocycles. The molecule has 0 bridgehead atoms. The first-order chi connectivity index (χ1) is 10.7. The number of carbonyl (C=O) groups excluding carboxylic acids is 1. The van der Waals surface area contributed by atoms with Gasteiger partial charge in [0.2, 0.25) is 0 Å². The van der Waals surface area contributed by atoms with Crippen LogP contribution >= 0.6 is 11.5 Å². The summed E-state index contributed by atoms with van der Waals surface area (Å²) in [6, 6.07) is 1.81. The molecule has 0 aromatic carbocycles. The molecule has 2 aromatic heterocycles. The first-order valence-electron chi connectivity index (χ1n) is 7.34. The number of H-pyrrole nitrogens is 1. The molecule has 1 amide bonds. The third kappa shape index (κ3) is 2.92. The van der Waals surface area contributed by atoms with Crippen LogP contribution in [0.15, 0.2) is 17.1 Å². The summed E-state index contributed by atoms with van der Waals surface area (Å²) < 4.78 is 3.89. The number of nitrogens with zero attached hydrogens (tertiary/aromatic N) is 4. The highest BCUT2D eigenvalue weighted by molar-refractivity contribution is 7.08. The van der Waals surface area contributed by atoms with Crippen LogP contribution in [0.2, 0.25) is 0 Å². The Labute approximate surface area is 131 Å². The van der Waals surface area contributed by atoms with Crippen LogP contribution in [0.3, 0.4) is 0 Å². The summed E-state index contributed by atoms with van der Waals surface area (Å²) in [4.78, 5) is 32.9. The number of hydrogen-bond donors (Lipinski definition) is 1. The fourth-order valence-electron chi connectivity index (χ4n) is 2.78. The lowest BCUT2D eigenvalue weighted by Gasteiger charge is -2.32. The molecular weight excluding hydrogens is 302 g/mol. The summed E-state index contributed by atoms with van der Waals surface area (Å²) in [6.07, 6.45) is 4.07. The quantitative estimate of drug-likeness (QED) is 0.918. The molecule has 1 atom stereocenters. The van der Waals surface area contributed by atoms with Crippen LogP contribution < -0.4 is 5.69 Å². The van der Waals surface area contributed by atoms with Crippen LogP contribution in [0.25, 0.3) is 0 Å². The molecule has 116 valence electrons. The third-order valence-corrected chi connectivity index (χ3v) is 4.69. The minimum Gasteiger partial charge on any atom is -0.337 e. The normalized spacial score (nSPS) is 18.4. The standard InChI is InChI=1S/C14H17N5O2S/c1-2-10-12(22-18-17-10)13(20)19-7-3-4-9(8-19)11-5-6-15-14(21)16-11/h5-6,9H,2-4,7-8H2,1H3,(H,15,16,21)/t9-/m0/s1. The number of aromatic nitrogens is 4. The number of rotatable bonds is 3.